The Hall–Kier alpha value is -2.54. The molecule has 0 saturated heterocycles. The van der Waals surface area contributed by atoms with Gasteiger partial charge in [-0.3, -0.25) is 10.1 Å². The van der Waals surface area contributed by atoms with Crippen LogP contribution in [0.25, 0.3) is 11.4 Å². The van der Waals surface area contributed by atoms with Crippen molar-refractivity contribution >= 4 is 0 Å². The van der Waals surface area contributed by atoms with Crippen LogP contribution >= 0.6 is 0 Å². The number of hydrogen-bond donors (Lipinski definition) is 2. The largest absolute Gasteiger partial charge is 0.334 e. The third-order valence-electron chi connectivity index (χ3n) is 3.98. The van der Waals surface area contributed by atoms with Crippen molar-refractivity contribution in [3.05, 3.63) is 47.6 Å². The summed E-state index contributed by atoms with van der Waals surface area (Å²) in [6, 6.07) is 3.83. The van der Waals surface area contributed by atoms with E-state index in [0.717, 1.165) is 42.4 Å². The Morgan fingerprint density at radius 1 is 1.26 bits per heavy atom. The van der Waals surface area contributed by atoms with Crippen molar-refractivity contribution in [3.8, 4) is 11.4 Å². The van der Waals surface area contributed by atoms with Gasteiger partial charge < -0.3 is 9.88 Å². The molecule has 0 amide bonds. The number of H-pyrrole nitrogens is 1. The molecule has 7 nitrogen and oxygen atoms in total. The summed E-state index contributed by atoms with van der Waals surface area (Å²) < 4.78 is 2.12. The van der Waals surface area contributed by atoms with Gasteiger partial charge in [-0.05, 0) is 26.0 Å². The van der Waals surface area contributed by atoms with E-state index in [-0.39, 0.29) is 0 Å². The number of nitrogens with one attached hydrogen (secondary N) is 2. The molecule has 120 valence electrons. The van der Waals surface area contributed by atoms with Gasteiger partial charge in [0.1, 0.15) is 11.6 Å². The zero-order chi connectivity index (χ0) is 16.2. The van der Waals surface area contributed by atoms with Gasteiger partial charge >= 0.3 is 0 Å². The van der Waals surface area contributed by atoms with Crippen molar-refractivity contribution in [2.75, 3.05) is 6.54 Å². The van der Waals surface area contributed by atoms with E-state index in [1.54, 1.807) is 12.4 Å². The molecule has 0 bridgehead atoms. The maximum absolute atomic E-state index is 4.56. The second-order valence-electron chi connectivity index (χ2n) is 5.53. The second-order valence-corrected chi connectivity index (χ2v) is 5.53. The Balaban J connectivity index is 1.51. The zero-order valence-electron chi connectivity index (χ0n) is 13.7. The topological polar surface area (TPSA) is 84.3 Å². The number of aromatic amines is 1. The van der Waals surface area contributed by atoms with Crippen molar-refractivity contribution < 1.29 is 0 Å². The molecular formula is C16H21N7. The third-order valence-corrected chi connectivity index (χ3v) is 3.98. The average molecular weight is 311 g/mol. The van der Waals surface area contributed by atoms with Crippen molar-refractivity contribution in [2.24, 2.45) is 7.05 Å². The quantitative estimate of drug-likeness (QED) is 0.675. The zero-order valence-corrected chi connectivity index (χ0v) is 13.7. The van der Waals surface area contributed by atoms with E-state index in [0.29, 0.717) is 5.82 Å². The van der Waals surface area contributed by atoms with Crippen molar-refractivity contribution in [3.63, 3.8) is 0 Å². The van der Waals surface area contributed by atoms with E-state index < -0.39 is 0 Å². The molecule has 0 spiro atoms. The maximum Gasteiger partial charge on any atom is 0.182 e. The van der Waals surface area contributed by atoms with Gasteiger partial charge in [-0.15, -0.1) is 0 Å². The lowest BCUT2D eigenvalue weighted by atomic mass is 10.3. The number of nitrogens with zero attached hydrogens (tertiary/aromatic N) is 5. The van der Waals surface area contributed by atoms with Crippen LogP contribution < -0.4 is 5.32 Å². The molecule has 0 atom stereocenters. The standard InChI is InChI=1S/C16H21N7/c1-11-12(2)23(3)15(19-11)10-18-8-6-14-20-16(22-21-14)13-5-4-7-17-9-13/h4-5,7,9,18H,6,8,10H2,1-3H3,(H,20,21,22). The first kappa shape index (κ1) is 15.4. The van der Waals surface area contributed by atoms with E-state index in [2.05, 4.69) is 42.0 Å². The van der Waals surface area contributed by atoms with Crippen LogP contribution in [0.4, 0.5) is 0 Å². The van der Waals surface area contributed by atoms with Gasteiger partial charge in [0.2, 0.25) is 0 Å². The van der Waals surface area contributed by atoms with Gasteiger partial charge in [-0.2, -0.15) is 5.10 Å². The Kier molecular flexibility index (Phi) is 4.47. The van der Waals surface area contributed by atoms with Crippen LogP contribution in [0.3, 0.4) is 0 Å². The molecule has 3 aromatic rings. The molecule has 23 heavy (non-hydrogen) atoms. The van der Waals surface area contributed by atoms with Crippen LogP contribution in [-0.4, -0.2) is 36.3 Å². The fourth-order valence-electron chi connectivity index (χ4n) is 2.38. The minimum absolute atomic E-state index is 0.684. The summed E-state index contributed by atoms with van der Waals surface area (Å²) in [7, 11) is 2.04. The molecule has 0 fully saturated rings. The van der Waals surface area contributed by atoms with Gasteiger partial charge in [-0.1, -0.05) is 0 Å². The first-order valence-corrected chi connectivity index (χ1v) is 7.66. The van der Waals surface area contributed by atoms with Gasteiger partial charge in [0, 0.05) is 43.7 Å². The molecule has 0 aliphatic heterocycles. The van der Waals surface area contributed by atoms with Gasteiger partial charge in [0.15, 0.2) is 5.82 Å². The average Bonchev–Trinajstić information content (AvgIpc) is 3.14. The van der Waals surface area contributed by atoms with E-state index >= 15 is 0 Å². The molecule has 3 rings (SSSR count). The molecule has 0 aliphatic rings. The number of aromatic nitrogens is 6. The van der Waals surface area contributed by atoms with E-state index in [1.807, 2.05) is 26.1 Å². The number of rotatable bonds is 6. The van der Waals surface area contributed by atoms with E-state index in [4.69, 9.17) is 0 Å². The molecular weight excluding hydrogens is 290 g/mol. The molecule has 0 unspecified atom stereocenters. The lowest BCUT2D eigenvalue weighted by Crippen LogP contribution is -2.19. The Morgan fingerprint density at radius 3 is 2.83 bits per heavy atom. The molecule has 7 heteroatoms. The van der Waals surface area contributed by atoms with Crippen LogP contribution in [-0.2, 0) is 20.0 Å². The van der Waals surface area contributed by atoms with Crippen LogP contribution in [0.1, 0.15) is 23.0 Å². The number of pyridine rings is 1. The highest BCUT2D eigenvalue weighted by atomic mass is 15.2. The minimum atomic E-state index is 0.684. The van der Waals surface area contributed by atoms with Crippen LogP contribution in [0.2, 0.25) is 0 Å². The summed E-state index contributed by atoms with van der Waals surface area (Å²) in [6.07, 6.45) is 4.29. The van der Waals surface area contributed by atoms with Crippen molar-refractivity contribution in [2.45, 2.75) is 26.8 Å². The molecule has 3 heterocycles. The Labute approximate surface area is 135 Å². The summed E-state index contributed by atoms with van der Waals surface area (Å²) in [6.45, 7) is 5.68. The summed E-state index contributed by atoms with van der Waals surface area (Å²) >= 11 is 0. The van der Waals surface area contributed by atoms with Crippen LogP contribution in [0.15, 0.2) is 24.5 Å². The molecule has 2 N–H and O–H groups in total. The predicted octanol–water partition coefficient (Wildman–Crippen LogP) is 1.55. The number of aryl methyl sites for hydroxylation is 1. The lowest BCUT2D eigenvalue weighted by Gasteiger charge is -2.04. The summed E-state index contributed by atoms with van der Waals surface area (Å²) in [5.74, 6) is 2.60. The smallest absolute Gasteiger partial charge is 0.182 e. The fraction of sp³-hybridized carbons (Fsp3) is 0.375. The second kappa shape index (κ2) is 6.70. The maximum atomic E-state index is 4.56. The summed E-state index contributed by atoms with van der Waals surface area (Å²) in [5, 5.41) is 10.6. The van der Waals surface area contributed by atoms with Crippen LogP contribution in [0.5, 0.6) is 0 Å². The van der Waals surface area contributed by atoms with Crippen LogP contribution in [0, 0.1) is 13.8 Å². The minimum Gasteiger partial charge on any atom is -0.334 e. The predicted molar refractivity (Wildman–Crippen MR) is 87.7 cm³/mol. The normalized spacial score (nSPS) is 11.1. The van der Waals surface area contributed by atoms with Gasteiger partial charge in [-0.25, -0.2) is 9.97 Å². The SMILES string of the molecule is Cc1nc(CNCCc2nc(-c3cccnc3)n[nH]2)n(C)c1C. The fourth-order valence-corrected chi connectivity index (χ4v) is 2.38. The highest BCUT2D eigenvalue weighted by Crippen LogP contribution is 2.12. The number of imidazole rings is 1. The monoisotopic (exact) mass is 311 g/mol. The molecule has 0 radical (unpaired) electrons. The first-order chi connectivity index (χ1) is 11.1. The highest BCUT2D eigenvalue weighted by molar-refractivity contribution is 5.52. The molecule has 0 aliphatic carbocycles. The summed E-state index contributed by atoms with van der Waals surface area (Å²) in [4.78, 5) is 13.1. The van der Waals surface area contributed by atoms with E-state index in [1.165, 1.54) is 5.69 Å². The molecule has 0 saturated carbocycles. The van der Waals surface area contributed by atoms with Gasteiger partial charge in [0.05, 0.1) is 12.2 Å². The van der Waals surface area contributed by atoms with Crippen molar-refractivity contribution in [1.82, 2.24) is 35.0 Å². The first-order valence-electron chi connectivity index (χ1n) is 7.66. The summed E-state index contributed by atoms with van der Waals surface area (Å²) in [5.41, 5.74) is 3.21. The molecule has 3 aromatic heterocycles. The Morgan fingerprint density at radius 2 is 2.13 bits per heavy atom. The third kappa shape index (κ3) is 3.45. The van der Waals surface area contributed by atoms with E-state index in [9.17, 15) is 0 Å². The van der Waals surface area contributed by atoms with Gasteiger partial charge in [0.25, 0.3) is 0 Å². The number of hydrogen-bond acceptors (Lipinski definition) is 5. The Bertz CT molecular complexity index is 773. The lowest BCUT2D eigenvalue weighted by molar-refractivity contribution is 0.626. The highest BCUT2D eigenvalue weighted by Gasteiger charge is 2.08. The van der Waals surface area contributed by atoms with Crippen molar-refractivity contribution in [1.29, 1.82) is 0 Å². The molecule has 0 aromatic carbocycles.